The molecule has 0 saturated heterocycles. The molecule has 2 aromatic heterocycles. The Morgan fingerprint density at radius 1 is 1.20 bits per heavy atom. The van der Waals surface area contributed by atoms with Crippen LogP contribution in [-0.2, 0) is 0 Å². The van der Waals surface area contributed by atoms with Gasteiger partial charge >= 0.3 is 0 Å². The van der Waals surface area contributed by atoms with E-state index in [1.165, 1.54) is 0 Å². The van der Waals surface area contributed by atoms with E-state index < -0.39 is 0 Å². The summed E-state index contributed by atoms with van der Waals surface area (Å²) in [4.78, 5) is 4.45. The predicted molar refractivity (Wildman–Crippen MR) is 78.3 cm³/mol. The minimum atomic E-state index is -0.0404. The third-order valence-electron chi connectivity index (χ3n) is 3.35. The van der Waals surface area contributed by atoms with Crippen LogP contribution in [0.15, 0.2) is 59.3 Å². The first kappa shape index (κ1) is 12.7. The molecule has 3 rings (SSSR count). The van der Waals surface area contributed by atoms with Gasteiger partial charge in [0, 0.05) is 24.5 Å². The maximum absolute atomic E-state index is 5.94. The molecule has 0 fully saturated rings. The Labute approximate surface area is 117 Å². The molecule has 102 valence electrons. The van der Waals surface area contributed by atoms with Gasteiger partial charge < -0.3 is 14.7 Å². The summed E-state index contributed by atoms with van der Waals surface area (Å²) in [6, 6.07) is 14.0. The van der Waals surface area contributed by atoms with E-state index in [0.717, 1.165) is 22.9 Å². The lowest BCUT2D eigenvalue weighted by atomic mass is 10.1. The number of aromatic nitrogens is 2. The Balaban J connectivity index is 2.04. The maximum atomic E-state index is 5.94. The zero-order valence-corrected chi connectivity index (χ0v) is 11.4. The molecule has 0 spiro atoms. The monoisotopic (exact) mass is 267 g/mol. The number of imidazole rings is 1. The summed E-state index contributed by atoms with van der Waals surface area (Å²) in [5.41, 5.74) is 7.01. The van der Waals surface area contributed by atoms with Gasteiger partial charge in [-0.15, -0.1) is 0 Å². The van der Waals surface area contributed by atoms with Crippen molar-refractivity contribution in [3.63, 3.8) is 0 Å². The molecule has 1 unspecified atom stereocenters. The zero-order valence-electron chi connectivity index (χ0n) is 11.4. The molecular formula is C16H17N3O. The molecule has 3 aromatic rings. The molecule has 4 heteroatoms. The lowest BCUT2D eigenvalue weighted by Gasteiger charge is -2.17. The number of hydrogen-bond acceptors (Lipinski definition) is 3. The summed E-state index contributed by atoms with van der Waals surface area (Å²) >= 11 is 0. The first-order valence-corrected chi connectivity index (χ1v) is 6.64. The van der Waals surface area contributed by atoms with E-state index >= 15 is 0 Å². The molecule has 2 heterocycles. The highest BCUT2D eigenvalue weighted by Gasteiger charge is 2.19. The molecule has 0 aliphatic carbocycles. The van der Waals surface area contributed by atoms with Crippen molar-refractivity contribution >= 4 is 0 Å². The predicted octanol–water partition coefficient (Wildman–Crippen LogP) is 3.00. The van der Waals surface area contributed by atoms with Crippen LogP contribution in [-0.4, -0.2) is 16.1 Å². The third-order valence-corrected chi connectivity index (χ3v) is 3.35. The summed E-state index contributed by atoms with van der Waals surface area (Å²) in [7, 11) is 0. The minimum absolute atomic E-state index is 0.0404. The Hall–Kier alpha value is -2.33. The SMILES string of the molecule is Cc1ccc(C(CN)n2ccnc2-c2ccccc2)o1. The van der Waals surface area contributed by atoms with Crippen molar-refractivity contribution in [3.8, 4) is 11.4 Å². The van der Waals surface area contributed by atoms with E-state index in [1.807, 2.05) is 55.6 Å². The van der Waals surface area contributed by atoms with Gasteiger partial charge in [0.2, 0.25) is 0 Å². The number of nitrogens with zero attached hydrogens (tertiary/aromatic N) is 2. The molecule has 0 saturated carbocycles. The average molecular weight is 267 g/mol. The molecular weight excluding hydrogens is 250 g/mol. The molecule has 2 N–H and O–H groups in total. The fraction of sp³-hybridized carbons (Fsp3) is 0.188. The molecule has 0 amide bonds. The van der Waals surface area contributed by atoms with Gasteiger partial charge in [0.1, 0.15) is 23.4 Å². The van der Waals surface area contributed by atoms with Crippen LogP contribution in [0.3, 0.4) is 0 Å². The number of furan rings is 1. The molecule has 0 bridgehead atoms. The van der Waals surface area contributed by atoms with E-state index in [2.05, 4.69) is 9.55 Å². The van der Waals surface area contributed by atoms with Gasteiger partial charge in [-0.05, 0) is 19.1 Å². The molecule has 0 aliphatic rings. The Morgan fingerprint density at radius 3 is 2.65 bits per heavy atom. The van der Waals surface area contributed by atoms with E-state index in [1.54, 1.807) is 6.20 Å². The Morgan fingerprint density at radius 2 is 2.00 bits per heavy atom. The van der Waals surface area contributed by atoms with Crippen LogP contribution in [0.4, 0.5) is 0 Å². The van der Waals surface area contributed by atoms with Crippen molar-refractivity contribution in [2.24, 2.45) is 5.73 Å². The van der Waals surface area contributed by atoms with Gasteiger partial charge in [-0.2, -0.15) is 0 Å². The number of rotatable bonds is 4. The molecule has 0 radical (unpaired) electrons. The average Bonchev–Trinajstić information content (AvgIpc) is 3.11. The largest absolute Gasteiger partial charge is 0.464 e. The van der Waals surface area contributed by atoms with Gasteiger partial charge in [0.05, 0.1) is 0 Å². The summed E-state index contributed by atoms with van der Waals surface area (Å²) in [6.45, 7) is 2.40. The quantitative estimate of drug-likeness (QED) is 0.790. The highest BCUT2D eigenvalue weighted by molar-refractivity contribution is 5.55. The lowest BCUT2D eigenvalue weighted by molar-refractivity contribution is 0.419. The maximum Gasteiger partial charge on any atom is 0.140 e. The van der Waals surface area contributed by atoms with Crippen molar-refractivity contribution in [3.05, 3.63) is 66.4 Å². The van der Waals surface area contributed by atoms with Gasteiger partial charge in [-0.3, -0.25) is 0 Å². The number of aryl methyl sites for hydroxylation is 1. The number of hydrogen-bond donors (Lipinski definition) is 1. The van der Waals surface area contributed by atoms with Crippen LogP contribution in [0.5, 0.6) is 0 Å². The van der Waals surface area contributed by atoms with Gasteiger partial charge in [0.15, 0.2) is 0 Å². The summed E-state index contributed by atoms with van der Waals surface area (Å²) in [6.07, 6.45) is 3.73. The van der Waals surface area contributed by atoms with Gasteiger partial charge in [-0.1, -0.05) is 30.3 Å². The molecule has 1 atom stereocenters. The summed E-state index contributed by atoms with van der Waals surface area (Å²) in [5, 5.41) is 0. The zero-order chi connectivity index (χ0) is 13.9. The van der Waals surface area contributed by atoms with E-state index in [4.69, 9.17) is 10.2 Å². The van der Waals surface area contributed by atoms with Crippen LogP contribution in [0.2, 0.25) is 0 Å². The second-order valence-electron chi connectivity index (χ2n) is 4.72. The smallest absolute Gasteiger partial charge is 0.140 e. The van der Waals surface area contributed by atoms with E-state index in [0.29, 0.717) is 6.54 Å². The van der Waals surface area contributed by atoms with Crippen LogP contribution in [0.1, 0.15) is 17.6 Å². The van der Waals surface area contributed by atoms with Crippen LogP contribution in [0.25, 0.3) is 11.4 Å². The fourth-order valence-corrected chi connectivity index (χ4v) is 2.37. The van der Waals surface area contributed by atoms with Crippen molar-refractivity contribution in [2.45, 2.75) is 13.0 Å². The fourth-order valence-electron chi connectivity index (χ4n) is 2.37. The first-order valence-electron chi connectivity index (χ1n) is 6.64. The Kier molecular flexibility index (Phi) is 3.39. The van der Waals surface area contributed by atoms with Crippen LogP contribution in [0, 0.1) is 6.92 Å². The van der Waals surface area contributed by atoms with Crippen molar-refractivity contribution in [1.82, 2.24) is 9.55 Å². The second kappa shape index (κ2) is 5.35. The summed E-state index contributed by atoms with van der Waals surface area (Å²) < 4.78 is 7.79. The molecule has 0 aliphatic heterocycles. The summed E-state index contributed by atoms with van der Waals surface area (Å²) in [5.74, 6) is 2.65. The van der Waals surface area contributed by atoms with Gasteiger partial charge in [0.25, 0.3) is 0 Å². The van der Waals surface area contributed by atoms with Crippen molar-refractivity contribution < 1.29 is 4.42 Å². The normalized spacial score (nSPS) is 12.5. The number of benzene rings is 1. The lowest BCUT2D eigenvalue weighted by Crippen LogP contribution is -2.20. The van der Waals surface area contributed by atoms with Gasteiger partial charge in [-0.25, -0.2) is 4.98 Å². The topological polar surface area (TPSA) is 57.0 Å². The van der Waals surface area contributed by atoms with E-state index in [-0.39, 0.29) is 6.04 Å². The highest BCUT2D eigenvalue weighted by Crippen LogP contribution is 2.26. The van der Waals surface area contributed by atoms with Crippen LogP contribution >= 0.6 is 0 Å². The van der Waals surface area contributed by atoms with Crippen molar-refractivity contribution in [1.29, 1.82) is 0 Å². The van der Waals surface area contributed by atoms with Crippen molar-refractivity contribution in [2.75, 3.05) is 6.54 Å². The minimum Gasteiger partial charge on any atom is -0.464 e. The number of nitrogens with two attached hydrogens (primary N) is 1. The molecule has 1 aromatic carbocycles. The van der Waals surface area contributed by atoms with Crippen LogP contribution < -0.4 is 5.73 Å². The second-order valence-corrected chi connectivity index (χ2v) is 4.72. The molecule has 4 nitrogen and oxygen atoms in total. The highest BCUT2D eigenvalue weighted by atomic mass is 16.3. The standard InChI is InChI=1S/C16H17N3O/c1-12-7-8-15(20-12)14(11-17)19-10-9-18-16(19)13-5-3-2-4-6-13/h2-10,14H,11,17H2,1H3. The first-order chi connectivity index (χ1) is 9.79. The van der Waals surface area contributed by atoms with E-state index in [9.17, 15) is 0 Å². The Bertz CT molecular complexity index is 685. The third kappa shape index (κ3) is 2.26. The molecule has 20 heavy (non-hydrogen) atoms.